The van der Waals surface area contributed by atoms with E-state index in [1.807, 2.05) is 32.0 Å². The first-order chi connectivity index (χ1) is 13.0. The summed E-state index contributed by atoms with van der Waals surface area (Å²) in [5.41, 5.74) is 1.91. The lowest BCUT2D eigenvalue weighted by Gasteiger charge is -2.14. The van der Waals surface area contributed by atoms with Gasteiger partial charge < -0.3 is 14.8 Å². The molecule has 8 nitrogen and oxygen atoms in total. The van der Waals surface area contributed by atoms with Crippen molar-refractivity contribution in [1.29, 1.82) is 0 Å². The Morgan fingerprint density at radius 2 is 1.96 bits per heavy atom. The van der Waals surface area contributed by atoms with Crippen molar-refractivity contribution < 1.29 is 14.3 Å². The van der Waals surface area contributed by atoms with Gasteiger partial charge >= 0.3 is 0 Å². The highest BCUT2D eigenvalue weighted by Gasteiger charge is 2.13. The van der Waals surface area contributed by atoms with E-state index >= 15 is 0 Å². The summed E-state index contributed by atoms with van der Waals surface area (Å²) in [4.78, 5) is 12.6. The van der Waals surface area contributed by atoms with Crippen molar-refractivity contribution in [2.75, 3.05) is 12.4 Å². The molecule has 1 amide bonds. The van der Waals surface area contributed by atoms with Gasteiger partial charge in [-0.2, -0.15) is 0 Å². The maximum absolute atomic E-state index is 12.6. The lowest BCUT2D eigenvalue weighted by Crippen LogP contribution is -2.13. The van der Waals surface area contributed by atoms with Crippen LogP contribution in [-0.2, 0) is 7.05 Å². The number of nitrogens with one attached hydrogen (secondary N) is 1. The van der Waals surface area contributed by atoms with E-state index in [1.54, 1.807) is 43.1 Å². The van der Waals surface area contributed by atoms with Crippen LogP contribution in [0.2, 0.25) is 0 Å². The fraction of sp³-hybridized carbons (Fsp3) is 0.263. The molecule has 1 heterocycles. The largest absolute Gasteiger partial charge is 0.493 e. The monoisotopic (exact) mass is 367 g/mol. The van der Waals surface area contributed by atoms with Gasteiger partial charge in [-0.05, 0) is 54.6 Å². The van der Waals surface area contributed by atoms with E-state index in [1.165, 1.54) is 0 Å². The topological polar surface area (TPSA) is 91.2 Å². The second-order valence-electron chi connectivity index (χ2n) is 6.19. The molecule has 1 aromatic heterocycles. The molecule has 8 heteroatoms. The number of aryl methyl sites for hydroxylation is 1. The third-order valence-electron chi connectivity index (χ3n) is 3.79. The van der Waals surface area contributed by atoms with Crippen LogP contribution in [0, 0.1) is 0 Å². The number of anilines is 1. The molecule has 0 aliphatic carbocycles. The summed E-state index contributed by atoms with van der Waals surface area (Å²) in [5, 5.41) is 14.3. The number of carbonyl (C=O) groups excluding carboxylic acids is 1. The second-order valence-corrected chi connectivity index (χ2v) is 6.19. The van der Waals surface area contributed by atoms with Crippen molar-refractivity contribution in [2.24, 2.45) is 7.05 Å². The van der Waals surface area contributed by atoms with Crippen molar-refractivity contribution in [3.8, 4) is 22.9 Å². The average Bonchev–Trinajstić information content (AvgIpc) is 3.07. The van der Waals surface area contributed by atoms with Crippen LogP contribution < -0.4 is 14.8 Å². The van der Waals surface area contributed by atoms with Crippen LogP contribution in [0.4, 0.5) is 5.69 Å². The molecular weight excluding hydrogens is 346 g/mol. The van der Waals surface area contributed by atoms with Gasteiger partial charge in [0.05, 0.1) is 13.2 Å². The van der Waals surface area contributed by atoms with Gasteiger partial charge in [-0.3, -0.25) is 4.79 Å². The van der Waals surface area contributed by atoms with Crippen LogP contribution in [0.3, 0.4) is 0 Å². The highest BCUT2D eigenvalue weighted by Crippen LogP contribution is 2.29. The Morgan fingerprint density at radius 3 is 2.63 bits per heavy atom. The van der Waals surface area contributed by atoms with E-state index in [-0.39, 0.29) is 12.0 Å². The zero-order valence-corrected chi connectivity index (χ0v) is 15.6. The van der Waals surface area contributed by atoms with E-state index in [0.717, 1.165) is 5.56 Å². The average molecular weight is 367 g/mol. The van der Waals surface area contributed by atoms with Crippen LogP contribution >= 0.6 is 0 Å². The van der Waals surface area contributed by atoms with Gasteiger partial charge in [-0.1, -0.05) is 12.1 Å². The molecule has 0 saturated carbocycles. The van der Waals surface area contributed by atoms with Gasteiger partial charge in [-0.25, -0.2) is 4.68 Å². The number of tetrazole rings is 1. The lowest BCUT2D eigenvalue weighted by atomic mass is 10.1. The van der Waals surface area contributed by atoms with Gasteiger partial charge in [0.25, 0.3) is 5.91 Å². The summed E-state index contributed by atoms with van der Waals surface area (Å²) in [6.45, 7) is 3.86. The molecule has 0 fully saturated rings. The van der Waals surface area contributed by atoms with E-state index in [4.69, 9.17) is 9.47 Å². The number of carbonyl (C=O) groups is 1. The number of benzene rings is 2. The zero-order chi connectivity index (χ0) is 19.4. The quantitative estimate of drug-likeness (QED) is 0.720. The lowest BCUT2D eigenvalue weighted by molar-refractivity contribution is 0.102. The number of methoxy groups -OCH3 is 1. The summed E-state index contributed by atoms with van der Waals surface area (Å²) in [5.74, 6) is 1.47. The summed E-state index contributed by atoms with van der Waals surface area (Å²) in [6, 6.07) is 12.4. The predicted molar refractivity (Wildman–Crippen MR) is 101 cm³/mol. The molecule has 0 radical (unpaired) electrons. The number of hydrogen-bond donors (Lipinski definition) is 1. The molecule has 3 rings (SSSR count). The first-order valence-corrected chi connectivity index (χ1v) is 8.46. The molecule has 0 unspecified atom stereocenters. The van der Waals surface area contributed by atoms with Gasteiger partial charge in [0.2, 0.25) is 0 Å². The summed E-state index contributed by atoms with van der Waals surface area (Å²) in [6.07, 6.45) is 0.0106. The zero-order valence-electron chi connectivity index (χ0n) is 15.6. The van der Waals surface area contributed by atoms with Crippen LogP contribution in [0.5, 0.6) is 11.5 Å². The van der Waals surface area contributed by atoms with Gasteiger partial charge in [0.1, 0.15) is 0 Å². The molecule has 2 aromatic carbocycles. The molecule has 0 aliphatic heterocycles. The summed E-state index contributed by atoms with van der Waals surface area (Å²) >= 11 is 0. The smallest absolute Gasteiger partial charge is 0.255 e. The molecule has 140 valence electrons. The van der Waals surface area contributed by atoms with E-state index in [2.05, 4.69) is 20.8 Å². The fourth-order valence-corrected chi connectivity index (χ4v) is 2.57. The Bertz CT molecular complexity index is 952. The third-order valence-corrected chi connectivity index (χ3v) is 3.79. The number of nitrogens with zero attached hydrogens (tertiary/aromatic N) is 4. The highest BCUT2D eigenvalue weighted by molar-refractivity contribution is 6.04. The van der Waals surface area contributed by atoms with E-state index in [0.29, 0.717) is 28.6 Å². The minimum atomic E-state index is -0.252. The Labute approximate surface area is 157 Å². The molecule has 0 saturated heterocycles. The van der Waals surface area contributed by atoms with Crippen molar-refractivity contribution in [3.63, 3.8) is 0 Å². The number of rotatable bonds is 6. The van der Waals surface area contributed by atoms with Gasteiger partial charge in [0, 0.05) is 23.9 Å². The second kappa shape index (κ2) is 7.86. The van der Waals surface area contributed by atoms with Crippen molar-refractivity contribution >= 4 is 11.6 Å². The van der Waals surface area contributed by atoms with E-state index < -0.39 is 0 Å². The first kappa shape index (κ1) is 18.4. The number of amides is 1. The maximum Gasteiger partial charge on any atom is 0.255 e. The standard InChI is InChI=1S/C19H21N5O3/c1-12(2)27-16-9-8-14(11-17(16)26-4)19(25)20-15-7-5-6-13(10-15)18-21-22-23-24(18)3/h5-12H,1-4H3,(H,20,25). The molecule has 27 heavy (non-hydrogen) atoms. The van der Waals surface area contributed by atoms with Crippen molar-refractivity contribution in [3.05, 3.63) is 48.0 Å². The Morgan fingerprint density at radius 1 is 1.15 bits per heavy atom. The van der Waals surface area contributed by atoms with Crippen molar-refractivity contribution in [2.45, 2.75) is 20.0 Å². The van der Waals surface area contributed by atoms with Gasteiger partial charge in [0.15, 0.2) is 17.3 Å². The molecular formula is C19H21N5O3. The predicted octanol–water partition coefficient (Wildman–Crippen LogP) is 2.93. The number of ether oxygens (including phenoxy) is 2. The normalized spacial score (nSPS) is 10.7. The fourth-order valence-electron chi connectivity index (χ4n) is 2.57. The third kappa shape index (κ3) is 4.22. The molecule has 0 atom stereocenters. The number of aromatic nitrogens is 4. The molecule has 3 aromatic rings. The first-order valence-electron chi connectivity index (χ1n) is 8.46. The molecule has 0 bridgehead atoms. The Kier molecular flexibility index (Phi) is 5.35. The summed E-state index contributed by atoms with van der Waals surface area (Å²) in [7, 11) is 3.30. The van der Waals surface area contributed by atoms with Crippen LogP contribution in [0.25, 0.3) is 11.4 Å². The molecule has 0 spiro atoms. The van der Waals surface area contributed by atoms with Crippen LogP contribution in [-0.4, -0.2) is 39.3 Å². The van der Waals surface area contributed by atoms with Crippen LogP contribution in [0.1, 0.15) is 24.2 Å². The van der Waals surface area contributed by atoms with Gasteiger partial charge in [-0.15, -0.1) is 5.10 Å². The Hall–Kier alpha value is -3.42. The molecule has 0 aliphatic rings. The van der Waals surface area contributed by atoms with Crippen molar-refractivity contribution in [1.82, 2.24) is 20.2 Å². The minimum absolute atomic E-state index is 0.0106. The highest BCUT2D eigenvalue weighted by atomic mass is 16.5. The number of hydrogen-bond acceptors (Lipinski definition) is 6. The van der Waals surface area contributed by atoms with Crippen LogP contribution in [0.15, 0.2) is 42.5 Å². The SMILES string of the molecule is COc1cc(C(=O)Nc2cccc(-c3nnnn3C)c2)ccc1OC(C)C. The minimum Gasteiger partial charge on any atom is -0.493 e. The molecule has 1 N–H and O–H groups in total. The summed E-state index contributed by atoms with van der Waals surface area (Å²) < 4.78 is 12.6. The Balaban J connectivity index is 1.80. The van der Waals surface area contributed by atoms with E-state index in [9.17, 15) is 4.79 Å². The maximum atomic E-state index is 12.6.